The van der Waals surface area contributed by atoms with Gasteiger partial charge in [-0.2, -0.15) is 0 Å². The van der Waals surface area contributed by atoms with Gasteiger partial charge in [0.2, 0.25) is 5.95 Å². The first kappa shape index (κ1) is 13.0. The van der Waals surface area contributed by atoms with Crippen molar-refractivity contribution in [2.45, 2.75) is 13.3 Å². The molecule has 0 fully saturated rings. The zero-order valence-electron chi connectivity index (χ0n) is 10.9. The number of hydrogen-bond donors (Lipinski definition) is 1. The summed E-state index contributed by atoms with van der Waals surface area (Å²) in [6, 6.07) is 7.24. The van der Waals surface area contributed by atoms with E-state index in [0.29, 0.717) is 11.3 Å². The highest BCUT2D eigenvalue weighted by Gasteiger charge is 2.13. The van der Waals surface area contributed by atoms with Crippen molar-refractivity contribution in [2.75, 3.05) is 12.4 Å². The molecule has 0 spiro atoms. The maximum absolute atomic E-state index is 12.2. The third-order valence-corrected chi connectivity index (χ3v) is 2.71. The molecule has 1 aromatic heterocycles. The number of nitrogens with zero attached hydrogens (tertiary/aromatic N) is 2. The van der Waals surface area contributed by atoms with Crippen LogP contribution in [0.2, 0.25) is 0 Å². The summed E-state index contributed by atoms with van der Waals surface area (Å²) in [4.78, 5) is 20.1. The Kier molecular flexibility index (Phi) is 4.07. The fraction of sp³-hybridized carbons (Fsp3) is 0.214. The molecule has 1 N–H and O–H groups in total. The minimum absolute atomic E-state index is 0.274. The van der Waals surface area contributed by atoms with E-state index in [9.17, 15) is 4.79 Å². The Morgan fingerprint density at radius 3 is 2.68 bits per heavy atom. The van der Waals surface area contributed by atoms with Gasteiger partial charge in [-0.15, -0.1) is 0 Å². The van der Waals surface area contributed by atoms with Gasteiger partial charge in [0.05, 0.1) is 12.7 Å². The van der Waals surface area contributed by atoms with E-state index in [1.165, 1.54) is 7.11 Å². The largest absolute Gasteiger partial charge is 0.496 e. The molecule has 0 bridgehead atoms. The molecule has 0 saturated carbocycles. The third kappa shape index (κ3) is 3.07. The van der Waals surface area contributed by atoms with Gasteiger partial charge in [-0.25, -0.2) is 9.97 Å². The Hall–Kier alpha value is -2.43. The smallest absolute Gasteiger partial charge is 0.261 e. The van der Waals surface area contributed by atoms with Crippen LogP contribution in [0.1, 0.15) is 22.8 Å². The Labute approximate surface area is 111 Å². The lowest BCUT2D eigenvalue weighted by Crippen LogP contribution is -2.15. The van der Waals surface area contributed by atoms with Gasteiger partial charge in [-0.1, -0.05) is 13.0 Å². The van der Waals surface area contributed by atoms with Crippen molar-refractivity contribution >= 4 is 11.9 Å². The predicted molar refractivity (Wildman–Crippen MR) is 72.4 cm³/mol. The molecular weight excluding hydrogens is 242 g/mol. The summed E-state index contributed by atoms with van der Waals surface area (Å²) in [5.41, 5.74) is 1.55. The van der Waals surface area contributed by atoms with Crippen LogP contribution in [0.3, 0.4) is 0 Å². The molecule has 2 rings (SSSR count). The average Bonchev–Trinajstić information content (AvgIpc) is 2.47. The first-order valence-corrected chi connectivity index (χ1v) is 6.00. The fourth-order valence-corrected chi connectivity index (χ4v) is 1.69. The zero-order chi connectivity index (χ0) is 13.7. The van der Waals surface area contributed by atoms with E-state index in [4.69, 9.17) is 4.74 Å². The van der Waals surface area contributed by atoms with Crippen LogP contribution in [-0.4, -0.2) is 23.0 Å². The lowest BCUT2D eigenvalue weighted by atomic mass is 10.1. The number of methoxy groups -OCH3 is 1. The van der Waals surface area contributed by atoms with Gasteiger partial charge < -0.3 is 4.74 Å². The zero-order valence-corrected chi connectivity index (χ0v) is 10.9. The molecule has 1 amide bonds. The summed E-state index contributed by atoms with van der Waals surface area (Å²) in [6.45, 7) is 2.03. The molecule has 0 saturated heterocycles. The second-order valence-corrected chi connectivity index (χ2v) is 3.91. The molecule has 0 atom stereocenters. The second kappa shape index (κ2) is 5.95. The number of aromatic nitrogens is 2. The Balaban J connectivity index is 2.27. The van der Waals surface area contributed by atoms with Crippen molar-refractivity contribution in [1.82, 2.24) is 9.97 Å². The third-order valence-electron chi connectivity index (χ3n) is 2.71. The van der Waals surface area contributed by atoms with Gasteiger partial charge in [0.25, 0.3) is 5.91 Å². The van der Waals surface area contributed by atoms with Crippen LogP contribution in [0.15, 0.2) is 36.7 Å². The van der Waals surface area contributed by atoms with Gasteiger partial charge in [0, 0.05) is 12.4 Å². The van der Waals surface area contributed by atoms with E-state index in [-0.39, 0.29) is 11.9 Å². The number of aryl methyl sites for hydroxylation is 1. The summed E-state index contributed by atoms with van der Waals surface area (Å²) in [5, 5.41) is 2.64. The van der Waals surface area contributed by atoms with Crippen LogP contribution in [0, 0.1) is 0 Å². The summed E-state index contributed by atoms with van der Waals surface area (Å²) >= 11 is 0. The number of amides is 1. The van der Waals surface area contributed by atoms with Gasteiger partial charge in [0.15, 0.2) is 0 Å². The molecule has 1 aromatic carbocycles. The van der Waals surface area contributed by atoms with E-state index in [2.05, 4.69) is 15.3 Å². The highest BCUT2D eigenvalue weighted by atomic mass is 16.5. The molecule has 0 aliphatic rings. The molecule has 0 aliphatic carbocycles. The van der Waals surface area contributed by atoms with Crippen molar-refractivity contribution in [1.29, 1.82) is 0 Å². The van der Waals surface area contributed by atoms with E-state index in [1.807, 2.05) is 19.1 Å². The molecule has 5 heteroatoms. The van der Waals surface area contributed by atoms with Crippen LogP contribution in [0.5, 0.6) is 5.75 Å². The molecule has 0 radical (unpaired) electrons. The standard InChI is InChI=1S/C14H15N3O2/c1-3-10-5-6-12(19-2)11(9-10)13(18)17-14-15-7-4-8-16-14/h4-9H,3H2,1-2H3,(H,15,16,17,18). The number of benzene rings is 1. The molecule has 0 aliphatic heterocycles. The van der Waals surface area contributed by atoms with Gasteiger partial charge in [-0.05, 0) is 30.2 Å². The van der Waals surface area contributed by atoms with E-state index < -0.39 is 0 Å². The quantitative estimate of drug-likeness (QED) is 0.912. The van der Waals surface area contributed by atoms with E-state index in [0.717, 1.165) is 12.0 Å². The topological polar surface area (TPSA) is 64.1 Å². The Morgan fingerprint density at radius 2 is 2.05 bits per heavy atom. The predicted octanol–water partition coefficient (Wildman–Crippen LogP) is 2.30. The minimum Gasteiger partial charge on any atom is -0.496 e. The summed E-state index contributed by atoms with van der Waals surface area (Å²) in [7, 11) is 1.54. The van der Waals surface area contributed by atoms with Crippen LogP contribution < -0.4 is 10.1 Å². The van der Waals surface area contributed by atoms with Crippen LogP contribution in [0.25, 0.3) is 0 Å². The fourth-order valence-electron chi connectivity index (χ4n) is 1.69. The van der Waals surface area contributed by atoms with Gasteiger partial charge >= 0.3 is 0 Å². The first-order chi connectivity index (χ1) is 9.24. The number of rotatable bonds is 4. The number of carbonyl (C=O) groups excluding carboxylic acids is 1. The number of hydrogen-bond acceptors (Lipinski definition) is 4. The van der Waals surface area contributed by atoms with Crippen LogP contribution in [-0.2, 0) is 6.42 Å². The Morgan fingerprint density at radius 1 is 1.32 bits per heavy atom. The molecule has 1 heterocycles. The van der Waals surface area contributed by atoms with Crippen molar-refractivity contribution in [3.63, 3.8) is 0 Å². The maximum atomic E-state index is 12.2. The Bertz CT molecular complexity index is 570. The molecule has 98 valence electrons. The lowest BCUT2D eigenvalue weighted by molar-refractivity contribution is 0.102. The molecular formula is C14H15N3O2. The van der Waals surface area contributed by atoms with Crippen LogP contribution >= 0.6 is 0 Å². The monoisotopic (exact) mass is 257 g/mol. The molecule has 19 heavy (non-hydrogen) atoms. The minimum atomic E-state index is -0.279. The number of anilines is 1. The second-order valence-electron chi connectivity index (χ2n) is 3.91. The highest BCUT2D eigenvalue weighted by Crippen LogP contribution is 2.21. The van der Waals surface area contributed by atoms with E-state index >= 15 is 0 Å². The summed E-state index contributed by atoms with van der Waals surface area (Å²) < 4.78 is 5.20. The SMILES string of the molecule is CCc1ccc(OC)c(C(=O)Nc2ncccn2)c1. The van der Waals surface area contributed by atoms with Gasteiger partial charge in [0.1, 0.15) is 5.75 Å². The van der Waals surface area contributed by atoms with Crippen molar-refractivity contribution in [2.24, 2.45) is 0 Å². The number of nitrogens with one attached hydrogen (secondary N) is 1. The highest BCUT2D eigenvalue weighted by molar-refractivity contribution is 6.05. The number of carbonyl (C=O) groups is 1. The lowest BCUT2D eigenvalue weighted by Gasteiger charge is -2.09. The van der Waals surface area contributed by atoms with E-state index in [1.54, 1.807) is 24.5 Å². The van der Waals surface area contributed by atoms with Gasteiger partial charge in [-0.3, -0.25) is 10.1 Å². The van der Waals surface area contributed by atoms with Crippen molar-refractivity contribution in [3.05, 3.63) is 47.8 Å². The van der Waals surface area contributed by atoms with Crippen LogP contribution in [0.4, 0.5) is 5.95 Å². The summed E-state index contributed by atoms with van der Waals surface area (Å²) in [5.74, 6) is 0.528. The number of ether oxygens (including phenoxy) is 1. The maximum Gasteiger partial charge on any atom is 0.261 e. The van der Waals surface area contributed by atoms with Crippen molar-refractivity contribution in [3.8, 4) is 5.75 Å². The molecule has 5 nitrogen and oxygen atoms in total. The molecule has 2 aromatic rings. The molecule has 0 unspecified atom stereocenters. The average molecular weight is 257 g/mol. The summed E-state index contributed by atoms with van der Waals surface area (Å²) in [6.07, 6.45) is 4.00. The normalized spacial score (nSPS) is 10.0. The first-order valence-electron chi connectivity index (χ1n) is 6.00. The van der Waals surface area contributed by atoms with Crippen molar-refractivity contribution < 1.29 is 9.53 Å².